The number of nitrogens with one attached hydrogen (secondary N) is 2. The molecule has 1 aliphatic carbocycles. The summed E-state index contributed by atoms with van der Waals surface area (Å²) in [7, 11) is 0. The van der Waals surface area contributed by atoms with Crippen LogP contribution < -0.4 is 15.9 Å². The lowest BCUT2D eigenvalue weighted by Crippen LogP contribution is -2.27. The molecule has 1 aromatic rings. The fraction of sp³-hybridized carbons (Fsp3) is 0.312. The van der Waals surface area contributed by atoms with E-state index in [1.54, 1.807) is 0 Å². The molecular formula is C16H19N3. The van der Waals surface area contributed by atoms with Gasteiger partial charge in [0.2, 0.25) is 0 Å². The molecule has 0 unspecified atom stereocenters. The van der Waals surface area contributed by atoms with Crippen LogP contribution in [0.5, 0.6) is 0 Å². The predicted molar refractivity (Wildman–Crippen MR) is 78.4 cm³/mol. The molecule has 3 nitrogen and oxygen atoms in total. The van der Waals surface area contributed by atoms with Crippen molar-refractivity contribution >= 4 is 12.2 Å². The Balaban J connectivity index is 2.32. The van der Waals surface area contributed by atoms with E-state index in [1.165, 1.54) is 5.56 Å². The zero-order chi connectivity index (χ0) is 13.7. The van der Waals surface area contributed by atoms with Crippen LogP contribution in [-0.2, 0) is 6.42 Å². The number of hydrogen-bond acceptors (Lipinski definition) is 2. The summed E-state index contributed by atoms with van der Waals surface area (Å²) in [5.41, 5.74) is 2.97. The molecule has 0 saturated heterocycles. The van der Waals surface area contributed by atoms with E-state index >= 15 is 0 Å². The van der Waals surface area contributed by atoms with Crippen LogP contribution in [0, 0.1) is 11.3 Å². The van der Waals surface area contributed by atoms with Gasteiger partial charge in [-0.25, -0.2) is 0 Å². The number of fused-ring (bicyclic) bond motifs is 1. The number of nitriles is 1. The number of aromatic amines is 1. The van der Waals surface area contributed by atoms with Crippen LogP contribution >= 0.6 is 0 Å². The van der Waals surface area contributed by atoms with Crippen LogP contribution in [-0.4, -0.2) is 11.5 Å². The van der Waals surface area contributed by atoms with Crippen molar-refractivity contribution in [3.8, 4) is 6.07 Å². The largest absolute Gasteiger partial charge is 0.389 e. The molecule has 1 aromatic heterocycles. The summed E-state index contributed by atoms with van der Waals surface area (Å²) in [6.07, 6.45) is 11.0. The fourth-order valence-electron chi connectivity index (χ4n) is 2.21. The third kappa shape index (κ3) is 3.38. The van der Waals surface area contributed by atoms with Crippen molar-refractivity contribution in [3.05, 3.63) is 46.3 Å². The Labute approximate surface area is 113 Å². The lowest BCUT2D eigenvalue weighted by Gasteiger charge is -2.03. The molecule has 3 heteroatoms. The molecule has 1 aliphatic rings. The van der Waals surface area contributed by atoms with Gasteiger partial charge in [-0.15, -0.1) is 0 Å². The van der Waals surface area contributed by atoms with Crippen LogP contribution in [0.2, 0.25) is 0 Å². The van der Waals surface area contributed by atoms with E-state index in [0.29, 0.717) is 0 Å². The van der Waals surface area contributed by atoms with Crippen LogP contribution in [0.25, 0.3) is 12.2 Å². The van der Waals surface area contributed by atoms with Gasteiger partial charge in [0.05, 0.1) is 6.07 Å². The smallest absolute Gasteiger partial charge is 0.0988 e. The van der Waals surface area contributed by atoms with Gasteiger partial charge in [0.15, 0.2) is 0 Å². The molecule has 0 saturated carbocycles. The summed E-state index contributed by atoms with van der Waals surface area (Å²) >= 11 is 0. The second-order valence-electron chi connectivity index (χ2n) is 4.80. The van der Waals surface area contributed by atoms with Crippen LogP contribution in [0.4, 0.5) is 0 Å². The van der Waals surface area contributed by atoms with E-state index < -0.39 is 0 Å². The number of hydrogen-bond donors (Lipinski definition) is 2. The second kappa shape index (κ2) is 6.10. The Morgan fingerprint density at radius 3 is 3.00 bits per heavy atom. The summed E-state index contributed by atoms with van der Waals surface area (Å²) in [5, 5.41) is 14.6. The van der Waals surface area contributed by atoms with Crippen molar-refractivity contribution in [1.82, 2.24) is 10.3 Å². The molecule has 19 heavy (non-hydrogen) atoms. The average molecular weight is 253 g/mol. The Morgan fingerprint density at radius 1 is 1.47 bits per heavy atom. The molecule has 0 atom stereocenters. The van der Waals surface area contributed by atoms with Gasteiger partial charge in [-0.05, 0) is 37.8 Å². The van der Waals surface area contributed by atoms with Crippen molar-refractivity contribution in [3.63, 3.8) is 0 Å². The number of allylic oxidation sites excluding steroid dienone is 3. The zero-order valence-corrected chi connectivity index (χ0v) is 11.3. The average Bonchev–Trinajstić information content (AvgIpc) is 2.70. The first-order valence-electron chi connectivity index (χ1n) is 6.58. The monoisotopic (exact) mass is 253 g/mol. The molecular weight excluding hydrogens is 234 g/mol. The van der Waals surface area contributed by atoms with Crippen LogP contribution in [0.15, 0.2) is 30.1 Å². The van der Waals surface area contributed by atoms with Gasteiger partial charge in [-0.2, -0.15) is 5.26 Å². The van der Waals surface area contributed by atoms with Crippen molar-refractivity contribution in [2.45, 2.75) is 26.2 Å². The molecule has 1 heterocycles. The maximum Gasteiger partial charge on any atom is 0.0988 e. The number of rotatable bonds is 4. The predicted octanol–water partition coefficient (Wildman–Crippen LogP) is 1.49. The van der Waals surface area contributed by atoms with Crippen molar-refractivity contribution < 1.29 is 0 Å². The van der Waals surface area contributed by atoms with Gasteiger partial charge in [0, 0.05) is 34.6 Å². The third-order valence-electron chi connectivity index (χ3n) is 3.17. The van der Waals surface area contributed by atoms with Gasteiger partial charge in [0.1, 0.15) is 0 Å². The Hall–Kier alpha value is -2.21. The lowest BCUT2D eigenvalue weighted by molar-refractivity contribution is 0.789. The maximum absolute atomic E-state index is 9.12. The number of nitrogens with zero attached hydrogens (tertiary/aromatic N) is 1. The molecule has 0 radical (unpaired) electrons. The summed E-state index contributed by atoms with van der Waals surface area (Å²) < 4.78 is 0. The van der Waals surface area contributed by atoms with Crippen molar-refractivity contribution in [2.24, 2.45) is 0 Å². The third-order valence-corrected chi connectivity index (χ3v) is 3.17. The molecule has 0 aromatic carbocycles. The van der Waals surface area contributed by atoms with E-state index in [9.17, 15) is 0 Å². The first-order chi connectivity index (χ1) is 9.20. The normalized spacial score (nSPS) is 20.1. The van der Waals surface area contributed by atoms with E-state index in [0.717, 1.165) is 47.6 Å². The van der Waals surface area contributed by atoms with Crippen molar-refractivity contribution in [1.29, 1.82) is 5.26 Å². The first kappa shape index (κ1) is 13.2. The Kier molecular flexibility index (Phi) is 4.25. The lowest BCUT2D eigenvalue weighted by atomic mass is 10.1. The highest BCUT2D eigenvalue weighted by atomic mass is 14.9. The van der Waals surface area contributed by atoms with E-state index in [4.69, 9.17) is 5.26 Å². The van der Waals surface area contributed by atoms with E-state index in [2.05, 4.69) is 29.0 Å². The van der Waals surface area contributed by atoms with E-state index in [1.807, 2.05) is 25.3 Å². The molecule has 0 bridgehead atoms. The standard InChI is InChI=1S/C16H19N3/c1-12(2)18-8-7-14-11-19-16-6-4-3-5-13(10-17)9-15(14)16/h5-6,9,11,18-19H,1,3-4,7-8H2,2H3/b13-5+,15-9-,16-6-. The van der Waals surface area contributed by atoms with Gasteiger partial charge in [0.25, 0.3) is 0 Å². The minimum Gasteiger partial charge on any atom is -0.389 e. The fourth-order valence-corrected chi connectivity index (χ4v) is 2.21. The Bertz CT molecular complexity index is 653. The topological polar surface area (TPSA) is 51.6 Å². The molecule has 0 spiro atoms. The highest BCUT2D eigenvalue weighted by molar-refractivity contribution is 5.57. The highest BCUT2D eigenvalue weighted by Crippen LogP contribution is 2.03. The summed E-state index contributed by atoms with van der Waals surface area (Å²) in [5.74, 6) is 0. The molecule has 2 rings (SSSR count). The Morgan fingerprint density at radius 2 is 2.26 bits per heavy atom. The molecule has 0 fully saturated rings. The first-order valence-corrected chi connectivity index (χ1v) is 6.58. The van der Waals surface area contributed by atoms with Gasteiger partial charge < -0.3 is 10.3 Å². The minimum absolute atomic E-state index is 0.753. The molecule has 0 aliphatic heterocycles. The maximum atomic E-state index is 9.12. The number of H-pyrrole nitrogens is 1. The number of aromatic nitrogens is 1. The second-order valence-corrected chi connectivity index (χ2v) is 4.80. The van der Waals surface area contributed by atoms with E-state index in [-0.39, 0.29) is 0 Å². The minimum atomic E-state index is 0.753. The molecule has 98 valence electrons. The summed E-state index contributed by atoms with van der Waals surface area (Å²) in [6, 6.07) is 2.25. The van der Waals surface area contributed by atoms with Gasteiger partial charge in [-0.1, -0.05) is 18.7 Å². The highest BCUT2D eigenvalue weighted by Gasteiger charge is 2.03. The van der Waals surface area contributed by atoms with Crippen LogP contribution in [0.3, 0.4) is 0 Å². The van der Waals surface area contributed by atoms with Crippen LogP contribution in [0.1, 0.15) is 25.3 Å². The zero-order valence-electron chi connectivity index (χ0n) is 11.3. The van der Waals surface area contributed by atoms with Gasteiger partial charge >= 0.3 is 0 Å². The molecule has 0 amide bonds. The van der Waals surface area contributed by atoms with Gasteiger partial charge in [-0.3, -0.25) is 0 Å². The summed E-state index contributed by atoms with van der Waals surface area (Å²) in [6.45, 7) is 6.65. The summed E-state index contributed by atoms with van der Waals surface area (Å²) in [4.78, 5) is 3.30. The SMILES string of the molecule is C=C(C)NCCc1c[nH]c2/c1=C\C(C#N)=C/CC/C=2. The van der Waals surface area contributed by atoms with Crippen molar-refractivity contribution in [2.75, 3.05) is 6.54 Å². The quantitative estimate of drug-likeness (QED) is 0.854. The molecule has 2 N–H and O–H groups in total.